The third-order valence-corrected chi connectivity index (χ3v) is 5.23. The molecule has 1 aromatic rings. The summed E-state index contributed by atoms with van der Waals surface area (Å²) in [6.07, 6.45) is 0. The van der Waals surface area contributed by atoms with E-state index in [-0.39, 0.29) is 12.8 Å². The third kappa shape index (κ3) is 3.60. The van der Waals surface area contributed by atoms with Crippen molar-refractivity contribution in [2.45, 2.75) is 19.9 Å². The second-order valence-electron chi connectivity index (χ2n) is 5.89. The van der Waals surface area contributed by atoms with Crippen molar-refractivity contribution in [1.29, 1.82) is 0 Å². The lowest BCUT2D eigenvalue weighted by Crippen LogP contribution is -2.46. The molecule has 0 saturated heterocycles. The molecule has 0 unspecified atom stereocenters. The highest BCUT2D eigenvalue weighted by Crippen LogP contribution is 2.37. The molecular formula is C18H22N2O5S. The second kappa shape index (κ2) is 7.90. The summed E-state index contributed by atoms with van der Waals surface area (Å²) < 4.78 is 16.2. The number of nitrogens with one attached hydrogen (secondary N) is 1. The fourth-order valence-electron chi connectivity index (χ4n) is 2.86. The second-order valence-corrected chi connectivity index (χ2v) is 7.28. The van der Waals surface area contributed by atoms with Gasteiger partial charge in [-0.1, -0.05) is 13.0 Å². The Bertz CT molecular complexity index is 749. The summed E-state index contributed by atoms with van der Waals surface area (Å²) in [6.45, 7) is 4.30. The largest absolute Gasteiger partial charge is 0.461 e. The summed E-state index contributed by atoms with van der Waals surface area (Å²) in [5.74, 6) is 2.53. The first-order chi connectivity index (χ1) is 12.5. The Kier molecular flexibility index (Phi) is 5.61. The number of esters is 1. The number of thioether (sulfide) groups is 1. The van der Waals surface area contributed by atoms with E-state index in [1.54, 1.807) is 37.9 Å². The molecule has 8 heteroatoms. The van der Waals surface area contributed by atoms with Gasteiger partial charge in [0.2, 0.25) is 6.79 Å². The molecule has 0 spiro atoms. The Labute approximate surface area is 156 Å². The molecule has 0 aliphatic carbocycles. The Morgan fingerprint density at radius 3 is 2.92 bits per heavy atom. The van der Waals surface area contributed by atoms with E-state index < -0.39 is 12.0 Å². The number of carbonyl (C=O) groups is 2. The fraction of sp³-hybridized carbons (Fsp3) is 0.444. The molecule has 26 heavy (non-hydrogen) atoms. The molecule has 0 fully saturated rings. The van der Waals surface area contributed by atoms with Gasteiger partial charge in [-0.05, 0) is 30.4 Å². The van der Waals surface area contributed by atoms with Gasteiger partial charge in [0, 0.05) is 18.5 Å². The summed E-state index contributed by atoms with van der Waals surface area (Å²) >= 11 is 1.71. The van der Waals surface area contributed by atoms with E-state index in [0.29, 0.717) is 29.4 Å². The van der Waals surface area contributed by atoms with Crippen molar-refractivity contribution in [3.05, 3.63) is 35.0 Å². The van der Waals surface area contributed by atoms with Crippen molar-refractivity contribution in [2.75, 3.05) is 32.0 Å². The van der Waals surface area contributed by atoms with E-state index >= 15 is 0 Å². The SMILES string of the molecule is CCSCCOC(=O)C1=C(C)N(C)C(=O)N[C@@H]1c1ccc2c(c1)OCO2. The summed E-state index contributed by atoms with van der Waals surface area (Å²) in [5, 5.41) is 2.86. The molecule has 2 heterocycles. The van der Waals surface area contributed by atoms with Gasteiger partial charge in [0.25, 0.3) is 0 Å². The molecule has 1 atom stereocenters. The van der Waals surface area contributed by atoms with Gasteiger partial charge in [0.15, 0.2) is 11.5 Å². The molecule has 0 radical (unpaired) electrons. The molecule has 1 N–H and O–H groups in total. The maximum Gasteiger partial charge on any atom is 0.338 e. The van der Waals surface area contributed by atoms with Crippen LogP contribution >= 0.6 is 11.8 Å². The minimum Gasteiger partial charge on any atom is -0.461 e. The smallest absolute Gasteiger partial charge is 0.338 e. The highest BCUT2D eigenvalue weighted by molar-refractivity contribution is 7.99. The van der Waals surface area contributed by atoms with Crippen LogP contribution in [0.3, 0.4) is 0 Å². The zero-order valence-electron chi connectivity index (χ0n) is 15.0. The quantitative estimate of drug-likeness (QED) is 0.606. The van der Waals surface area contributed by atoms with Crippen LogP contribution in [0.4, 0.5) is 4.79 Å². The number of nitrogens with zero attached hydrogens (tertiary/aromatic N) is 1. The summed E-state index contributed by atoms with van der Waals surface area (Å²) in [4.78, 5) is 26.4. The molecule has 0 bridgehead atoms. The molecular weight excluding hydrogens is 356 g/mol. The lowest BCUT2D eigenvalue weighted by Gasteiger charge is -2.33. The van der Waals surface area contributed by atoms with E-state index in [1.807, 2.05) is 6.07 Å². The molecule has 0 saturated carbocycles. The van der Waals surface area contributed by atoms with Gasteiger partial charge in [0.05, 0.1) is 11.6 Å². The van der Waals surface area contributed by atoms with E-state index in [1.165, 1.54) is 4.90 Å². The highest BCUT2D eigenvalue weighted by atomic mass is 32.2. The zero-order valence-corrected chi connectivity index (χ0v) is 15.9. The molecule has 2 aliphatic heterocycles. The van der Waals surface area contributed by atoms with Crippen molar-refractivity contribution < 1.29 is 23.8 Å². The summed E-state index contributed by atoms with van der Waals surface area (Å²) in [5.41, 5.74) is 1.74. The summed E-state index contributed by atoms with van der Waals surface area (Å²) in [7, 11) is 1.63. The lowest BCUT2D eigenvalue weighted by atomic mass is 9.95. The molecule has 7 nitrogen and oxygen atoms in total. The first-order valence-electron chi connectivity index (χ1n) is 8.42. The molecule has 140 valence electrons. The van der Waals surface area contributed by atoms with Gasteiger partial charge in [-0.25, -0.2) is 9.59 Å². The normalized spacial score (nSPS) is 18.8. The predicted octanol–water partition coefficient (Wildman–Crippen LogP) is 2.68. The number of fused-ring (bicyclic) bond motifs is 1. The average Bonchev–Trinajstić information content (AvgIpc) is 3.10. The van der Waals surface area contributed by atoms with Crippen LogP contribution in [0.2, 0.25) is 0 Å². The Balaban J connectivity index is 1.88. The van der Waals surface area contributed by atoms with Crippen LogP contribution in [0.25, 0.3) is 0 Å². The van der Waals surface area contributed by atoms with Crippen LogP contribution in [-0.4, -0.2) is 48.9 Å². The number of carbonyl (C=O) groups excluding carboxylic acids is 2. The van der Waals surface area contributed by atoms with Gasteiger partial charge in [-0.3, -0.25) is 0 Å². The maximum atomic E-state index is 12.7. The van der Waals surface area contributed by atoms with Crippen molar-refractivity contribution in [3.63, 3.8) is 0 Å². The minimum atomic E-state index is -0.598. The van der Waals surface area contributed by atoms with Crippen molar-refractivity contribution in [3.8, 4) is 11.5 Å². The summed E-state index contributed by atoms with van der Waals surface area (Å²) in [6, 6.07) is 4.50. The van der Waals surface area contributed by atoms with Gasteiger partial charge in [-0.15, -0.1) is 0 Å². The van der Waals surface area contributed by atoms with Crippen molar-refractivity contribution in [2.24, 2.45) is 0 Å². The highest BCUT2D eigenvalue weighted by Gasteiger charge is 2.35. The van der Waals surface area contributed by atoms with Gasteiger partial charge >= 0.3 is 12.0 Å². The van der Waals surface area contributed by atoms with Gasteiger partial charge < -0.3 is 24.4 Å². The van der Waals surface area contributed by atoms with Crippen LogP contribution in [0, 0.1) is 0 Å². The molecule has 3 rings (SSSR count). The number of amides is 2. The first-order valence-corrected chi connectivity index (χ1v) is 9.57. The monoisotopic (exact) mass is 378 g/mol. The van der Waals surface area contributed by atoms with Gasteiger partial charge in [0.1, 0.15) is 6.61 Å². The van der Waals surface area contributed by atoms with Gasteiger partial charge in [-0.2, -0.15) is 11.8 Å². The van der Waals surface area contributed by atoms with E-state index in [4.69, 9.17) is 14.2 Å². The first kappa shape index (κ1) is 18.4. The Morgan fingerprint density at radius 2 is 2.15 bits per heavy atom. The predicted molar refractivity (Wildman–Crippen MR) is 98.3 cm³/mol. The lowest BCUT2D eigenvalue weighted by molar-refractivity contribution is -0.139. The number of rotatable bonds is 6. The number of urea groups is 1. The number of ether oxygens (including phenoxy) is 3. The van der Waals surface area contributed by atoms with Crippen molar-refractivity contribution >= 4 is 23.8 Å². The third-order valence-electron chi connectivity index (χ3n) is 4.37. The van der Waals surface area contributed by atoms with E-state index in [2.05, 4.69) is 12.2 Å². The Hall–Kier alpha value is -2.35. The number of hydrogen-bond donors (Lipinski definition) is 1. The standard InChI is InChI=1S/C18H22N2O5S/c1-4-26-8-7-23-17(21)15-11(2)20(3)18(22)19-16(15)12-5-6-13-14(9-12)25-10-24-13/h5-6,9,16H,4,7-8,10H2,1-3H3,(H,19,22)/t16-/m1/s1. The van der Waals surface area contributed by atoms with E-state index in [0.717, 1.165) is 17.1 Å². The fourth-order valence-corrected chi connectivity index (χ4v) is 3.35. The van der Waals surface area contributed by atoms with Crippen LogP contribution in [0.15, 0.2) is 29.5 Å². The zero-order chi connectivity index (χ0) is 18.7. The molecule has 2 amide bonds. The topological polar surface area (TPSA) is 77.1 Å². The number of hydrogen-bond acceptors (Lipinski definition) is 6. The molecule has 2 aliphatic rings. The van der Waals surface area contributed by atoms with Crippen LogP contribution in [-0.2, 0) is 9.53 Å². The van der Waals surface area contributed by atoms with Crippen molar-refractivity contribution in [1.82, 2.24) is 10.2 Å². The average molecular weight is 378 g/mol. The van der Waals surface area contributed by atoms with Crippen LogP contribution in [0.1, 0.15) is 25.5 Å². The van der Waals surface area contributed by atoms with Crippen LogP contribution < -0.4 is 14.8 Å². The minimum absolute atomic E-state index is 0.164. The molecule has 1 aromatic carbocycles. The molecule has 0 aromatic heterocycles. The Morgan fingerprint density at radius 1 is 1.38 bits per heavy atom. The number of benzene rings is 1. The van der Waals surface area contributed by atoms with E-state index in [9.17, 15) is 9.59 Å². The maximum absolute atomic E-state index is 12.7. The van der Waals surface area contributed by atoms with Crippen LogP contribution in [0.5, 0.6) is 11.5 Å². The number of allylic oxidation sites excluding steroid dienone is 1.